The van der Waals surface area contributed by atoms with Gasteiger partial charge in [-0.15, -0.1) is 11.3 Å². The van der Waals surface area contributed by atoms with Crippen LogP contribution in [-0.4, -0.2) is 48.2 Å². The van der Waals surface area contributed by atoms with Crippen LogP contribution in [0.15, 0.2) is 29.3 Å². The maximum Gasteiger partial charge on any atom is 0.262 e. The molecule has 0 N–H and O–H groups in total. The van der Waals surface area contributed by atoms with Crippen LogP contribution >= 0.6 is 11.3 Å². The molecular weight excluding hydrogens is 390 g/mol. The lowest BCUT2D eigenvalue weighted by Crippen LogP contribution is -2.35. The molecular formula is C21H25N3O4S. The number of methoxy groups -OCH3 is 2. The van der Waals surface area contributed by atoms with Crippen molar-refractivity contribution in [3.8, 4) is 11.5 Å². The molecule has 3 rings (SSSR count). The van der Waals surface area contributed by atoms with Gasteiger partial charge in [0, 0.05) is 18.5 Å². The van der Waals surface area contributed by atoms with Gasteiger partial charge in [-0.1, -0.05) is 6.07 Å². The molecule has 2 heterocycles. The number of carbonyl (C=O) groups is 1. The molecule has 0 aliphatic rings. The van der Waals surface area contributed by atoms with Crippen LogP contribution in [0.1, 0.15) is 16.0 Å². The second-order valence-electron chi connectivity index (χ2n) is 6.90. The fourth-order valence-electron chi connectivity index (χ4n) is 3.11. The highest BCUT2D eigenvalue weighted by Crippen LogP contribution is 2.28. The molecule has 0 spiro atoms. The Morgan fingerprint density at radius 1 is 1.21 bits per heavy atom. The van der Waals surface area contributed by atoms with E-state index in [1.54, 1.807) is 26.2 Å². The minimum atomic E-state index is -0.168. The lowest BCUT2D eigenvalue weighted by Gasteiger charge is -2.18. The Labute approximate surface area is 173 Å². The molecule has 0 atom stereocenters. The third-order valence-corrected chi connectivity index (χ3v) is 6.19. The van der Waals surface area contributed by atoms with Gasteiger partial charge in [-0.2, -0.15) is 0 Å². The van der Waals surface area contributed by atoms with E-state index in [2.05, 4.69) is 4.98 Å². The average molecular weight is 416 g/mol. The van der Waals surface area contributed by atoms with Crippen molar-refractivity contribution in [1.82, 2.24) is 14.5 Å². The van der Waals surface area contributed by atoms with E-state index in [1.807, 2.05) is 32.0 Å². The highest BCUT2D eigenvalue weighted by Gasteiger charge is 2.16. The molecule has 1 aromatic carbocycles. The summed E-state index contributed by atoms with van der Waals surface area (Å²) in [5, 5.41) is 0.607. The van der Waals surface area contributed by atoms with Crippen molar-refractivity contribution >= 4 is 27.5 Å². The molecule has 0 saturated heterocycles. The molecule has 8 heteroatoms. The summed E-state index contributed by atoms with van der Waals surface area (Å²) in [7, 11) is 4.92. The second kappa shape index (κ2) is 8.65. The summed E-state index contributed by atoms with van der Waals surface area (Å²) in [6.07, 6.45) is 2.12. The van der Waals surface area contributed by atoms with Crippen molar-refractivity contribution in [3.63, 3.8) is 0 Å². The number of hydrogen-bond acceptors (Lipinski definition) is 6. The smallest absolute Gasteiger partial charge is 0.262 e. The molecule has 154 valence electrons. The van der Waals surface area contributed by atoms with Gasteiger partial charge in [0.2, 0.25) is 5.91 Å². The van der Waals surface area contributed by atoms with Crippen molar-refractivity contribution < 1.29 is 14.3 Å². The van der Waals surface area contributed by atoms with E-state index in [4.69, 9.17) is 9.47 Å². The van der Waals surface area contributed by atoms with E-state index >= 15 is 0 Å². The van der Waals surface area contributed by atoms with Crippen molar-refractivity contribution in [1.29, 1.82) is 0 Å². The second-order valence-corrected chi connectivity index (χ2v) is 8.10. The molecule has 0 aliphatic heterocycles. The largest absolute Gasteiger partial charge is 0.493 e. The van der Waals surface area contributed by atoms with E-state index in [9.17, 15) is 9.59 Å². The number of aryl methyl sites for hydroxylation is 2. The fourth-order valence-corrected chi connectivity index (χ4v) is 4.09. The summed E-state index contributed by atoms with van der Waals surface area (Å²) >= 11 is 1.50. The first kappa shape index (κ1) is 20.9. The number of hydrogen-bond donors (Lipinski definition) is 0. The summed E-state index contributed by atoms with van der Waals surface area (Å²) in [4.78, 5) is 33.2. The van der Waals surface area contributed by atoms with Gasteiger partial charge in [0.05, 0.1) is 25.9 Å². The average Bonchev–Trinajstić information content (AvgIpc) is 3.02. The number of amides is 1. The van der Waals surface area contributed by atoms with E-state index in [0.29, 0.717) is 29.9 Å². The van der Waals surface area contributed by atoms with Crippen molar-refractivity contribution in [2.45, 2.75) is 26.8 Å². The molecule has 0 fully saturated rings. The maximum atomic E-state index is 12.8. The van der Waals surface area contributed by atoms with Gasteiger partial charge in [0.25, 0.3) is 5.56 Å². The first-order chi connectivity index (χ1) is 13.8. The van der Waals surface area contributed by atoms with Gasteiger partial charge in [-0.05, 0) is 43.5 Å². The molecule has 0 unspecified atom stereocenters. The van der Waals surface area contributed by atoms with Crippen LogP contribution in [0, 0.1) is 13.8 Å². The van der Waals surface area contributed by atoms with Crippen LogP contribution < -0.4 is 15.0 Å². The number of thiophene rings is 1. The SMILES string of the molecule is COc1ccc(CCN(C)C(=O)Cn2cnc3sc(C)c(C)c3c2=O)cc1OC. The Morgan fingerprint density at radius 2 is 1.93 bits per heavy atom. The minimum Gasteiger partial charge on any atom is -0.493 e. The number of likely N-dealkylation sites (N-methyl/N-ethyl adjacent to an activating group) is 1. The summed E-state index contributed by atoms with van der Waals surface area (Å²) in [6.45, 7) is 4.38. The van der Waals surface area contributed by atoms with Crippen LogP contribution in [0.4, 0.5) is 0 Å². The summed E-state index contributed by atoms with van der Waals surface area (Å²) < 4.78 is 12.0. The highest BCUT2D eigenvalue weighted by molar-refractivity contribution is 7.18. The molecule has 7 nitrogen and oxygen atoms in total. The van der Waals surface area contributed by atoms with Crippen molar-refractivity contribution in [3.05, 3.63) is 50.9 Å². The van der Waals surface area contributed by atoms with Crippen molar-refractivity contribution in [2.75, 3.05) is 27.8 Å². The molecule has 3 aromatic rings. The lowest BCUT2D eigenvalue weighted by atomic mass is 10.1. The standard InChI is InChI=1S/C21H25N3O4S/c1-13-14(2)29-20-19(13)21(26)24(12-22-20)11-18(25)23(3)9-8-15-6-7-16(27-4)17(10-15)28-5/h6-7,10,12H,8-9,11H2,1-5H3. The normalized spacial score (nSPS) is 10.9. The van der Waals surface area contributed by atoms with E-state index in [-0.39, 0.29) is 18.0 Å². The summed E-state index contributed by atoms with van der Waals surface area (Å²) in [5.41, 5.74) is 1.80. The molecule has 0 bridgehead atoms. The van der Waals surface area contributed by atoms with Crippen LogP contribution in [-0.2, 0) is 17.8 Å². The Hall–Kier alpha value is -2.87. The van der Waals surface area contributed by atoms with E-state index < -0.39 is 0 Å². The quantitative estimate of drug-likeness (QED) is 0.593. The molecule has 1 amide bonds. The zero-order chi connectivity index (χ0) is 21.1. The summed E-state index contributed by atoms with van der Waals surface area (Å²) in [6, 6.07) is 5.70. The number of aromatic nitrogens is 2. The lowest BCUT2D eigenvalue weighted by molar-refractivity contribution is -0.130. The number of nitrogens with zero attached hydrogens (tertiary/aromatic N) is 3. The molecule has 2 aromatic heterocycles. The van der Waals surface area contributed by atoms with Crippen LogP contribution in [0.25, 0.3) is 10.2 Å². The first-order valence-corrected chi connectivity index (χ1v) is 10.1. The van der Waals surface area contributed by atoms with Gasteiger partial charge >= 0.3 is 0 Å². The predicted molar refractivity (Wildman–Crippen MR) is 114 cm³/mol. The fraction of sp³-hybridized carbons (Fsp3) is 0.381. The van der Waals surface area contributed by atoms with Crippen molar-refractivity contribution in [2.24, 2.45) is 0 Å². The molecule has 0 saturated carbocycles. The molecule has 29 heavy (non-hydrogen) atoms. The maximum absolute atomic E-state index is 12.8. The van der Waals surface area contributed by atoms with Gasteiger partial charge < -0.3 is 14.4 Å². The highest BCUT2D eigenvalue weighted by atomic mass is 32.1. The van der Waals surface area contributed by atoms with Crippen LogP contribution in [0.2, 0.25) is 0 Å². The topological polar surface area (TPSA) is 73.7 Å². The molecule has 0 radical (unpaired) electrons. The molecule has 0 aliphatic carbocycles. The zero-order valence-corrected chi connectivity index (χ0v) is 18.1. The zero-order valence-electron chi connectivity index (χ0n) is 17.3. The van der Waals surface area contributed by atoms with E-state index in [0.717, 1.165) is 20.8 Å². The van der Waals surface area contributed by atoms with Crippen LogP contribution in [0.5, 0.6) is 11.5 Å². The summed E-state index contributed by atoms with van der Waals surface area (Å²) in [5.74, 6) is 1.19. The Balaban J connectivity index is 1.68. The Kier molecular flexibility index (Phi) is 6.22. The Morgan fingerprint density at radius 3 is 2.62 bits per heavy atom. The van der Waals surface area contributed by atoms with Gasteiger partial charge in [0.15, 0.2) is 11.5 Å². The Bertz CT molecular complexity index is 1100. The number of fused-ring (bicyclic) bond motifs is 1. The first-order valence-electron chi connectivity index (χ1n) is 9.25. The van der Waals surface area contributed by atoms with Crippen LogP contribution in [0.3, 0.4) is 0 Å². The van der Waals surface area contributed by atoms with Gasteiger partial charge in [-0.25, -0.2) is 4.98 Å². The predicted octanol–water partition coefficient (Wildman–Crippen LogP) is 2.79. The number of ether oxygens (including phenoxy) is 2. The monoisotopic (exact) mass is 415 g/mol. The third kappa shape index (κ3) is 4.27. The van der Waals surface area contributed by atoms with E-state index in [1.165, 1.54) is 22.2 Å². The number of carbonyl (C=O) groups excluding carboxylic acids is 1. The van der Waals surface area contributed by atoms with Gasteiger partial charge in [0.1, 0.15) is 11.4 Å². The third-order valence-electron chi connectivity index (χ3n) is 5.07. The minimum absolute atomic E-state index is 0.0292. The van der Waals surface area contributed by atoms with Gasteiger partial charge in [-0.3, -0.25) is 14.2 Å². The number of rotatable bonds is 7. The number of benzene rings is 1.